The van der Waals surface area contributed by atoms with Crippen LogP contribution in [0.1, 0.15) is 11.8 Å². The van der Waals surface area contributed by atoms with Gasteiger partial charge in [0.05, 0.1) is 0 Å². The zero-order valence-electron chi connectivity index (χ0n) is 16.3. The molecule has 1 aromatic heterocycles. The Kier molecular flexibility index (Phi) is 5.83. The van der Waals surface area contributed by atoms with Gasteiger partial charge in [-0.3, -0.25) is 0 Å². The number of ether oxygens (including phenoxy) is 1. The van der Waals surface area contributed by atoms with Crippen LogP contribution in [0.4, 0.5) is 27.8 Å². The molecule has 0 spiro atoms. The molecule has 0 radical (unpaired) electrons. The third-order valence-electron chi connectivity index (χ3n) is 5.15. The second-order valence-electron chi connectivity index (χ2n) is 7.28. The van der Waals surface area contributed by atoms with E-state index in [9.17, 15) is 36.7 Å². The van der Waals surface area contributed by atoms with E-state index >= 15 is 0 Å². The zero-order chi connectivity index (χ0) is 24.2. The van der Waals surface area contributed by atoms with Crippen LogP contribution in [0, 0.1) is 5.82 Å². The molecule has 16 heteroatoms. The fraction of sp³-hybridized carbons (Fsp3) is 0.412. The SMILES string of the molecule is Nc1nc(=O)n([C@@H]2O[C@@](CO[PH]3(O)OCc4ccccc4O3)(C(F)F)[C@H](O)C2(F)F)cc1F. The quantitative estimate of drug-likeness (QED) is 0.411. The van der Waals surface area contributed by atoms with Gasteiger partial charge in [0.1, 0.15) is 0 Å². The van der Waals surface area contributed by atoms with Crippen LogP contribution >= 0.6 is 8.17 Å². The van der Waals surface area contributed by atoms with Gasteiger partial charge < -0.3 is 0 Å². The third-order valence-corrected chi connectivity index (χ3v) is 6.64. The number of para-hydroxylation sites is 1. The molecule has 2 aromatic rings. The van der Waals surface area contributed by atoms with Crippen LogP contribution in [-0.4, -0.2) is 50.2 Å². The number of rotatable bonds is 5. The van der Waals surface area contributed by atoms with E-state index in [2.05, 4.69) is 4.98 Å². The Morgan fingerprint density at radius 3 is 2.76 bits per heavy atom. The van der Waals surface area contributed by atoms with Crippen molar-refractivity contribution in [3.05, 3.63) is 52.3 Å². The van der Waals surface area contributed by atoms with E-state index in [1.807, 2.05) is 0 Å². The maximum atomic E-state index is 14.8. The maximum absolute atomic E-state index is 14.8. The summed E-state index contributed by atoms with van der Waals surface area (Å²) in [7, 11) is -4.68. The van der Waals surface area contributed by atoms with Gasteiger partial charge in [-0.15, -0.1) is 0 Å². The van der Waals surface area contributed by atoms with E-state index in [1.54, 1.807) is 18.2 Å². The van der Waals surface area contributed by atoms with Gasteiger partial charge >= 0.3 is 181 Å². The number of fused-ring (bicyclic) bond motifs is 1. The van der Waals surface area contributed by atoms with Crippen LogP contribution in [-0.2, 0) is 20.4 Å². The van der Waals surface area contributed by atoms with E-state index in [-0.39, 0.29) is 23.1 Å². The fourth-order valence-electron chi connectivity index (χ4n) is 3.36. The summed E-state index contributed by atoms with van der Waals surface area (Å²) in [6.45, 7) is -1.75. The molecule has 0 unspecified atom stereocenters. The summed E-state index contributed by atoms with van der Waals surface area (Å²) in [6, 6.07) is 6.22. The van der Waals surface area contributed by atoms with Crippen molar-refractivity contribution < 1.29 is 50.3 Å². The molecule has 1 saturated heterocycles. The van der Waals surface area contributed by atoms with Crippen LogP contribution in [0.15, 0.2) is 35.3 Å². The van der Waals surface area contributed by atoms with Crippen LogP contribution < -0.4 is 15.9 Å². The molecule has 2 aliphatic rings. The molecule has 3 heterocycles. The Balaban J connectivity index is 1.63. The number of aliphatic hydroxyl groups is 1. The van der Waals surface area contributed by atoms with Crippen molar-refractivity contribution in [3.63, 3.8) is 0 Å². The molecule has 0 aliphatic carbocycles. The summed E-state index contributed by atoms with van der Waals surface area (Å²) >= 11 is 0. The molecule has 2 aliphatic heterocycles. The van der Waals surface area contributed by atoms with Crippen molar-refractivity contribution in [3.8, 4) is 5.75 Å². The van der Waals surface area contributed by atoms with Crippen LogP contribution in [0.25, 0.3) is 0 Å². The number of hydrogen-bond acceptors (Lipinski definition) is 9. The number of nitrogens with two attached hydrogens (primary N) is 1. The first-order valence-corrected chi connectivity index (χ1v) is 10.9. The molecule has 0 bridgehead atoms. The monoisotopic (exact) mass is 501 g/mol. The van der Waals surface area contributed by atoms with Crippen LogP contribution in [0.5, 0.6) is 5.75 Å². The number of hydrogen-bond donors (Lipinski definition) is 3. The van der Waals surface area contributed by atoms with Gasteiger partial charge in [-0.1, -0.05) is 0 Å². The van der Waals surface area contributed by atoms with E-state index in [4.69, 9.17) is 24.0 Å². The number of alkyl halides is 4. The van der Waals surface area contributed by atoms with Crippen molar-refractivity contribution in [2.45, 2.75) is 36.9 Å². The molecule has 3 atom stereocenters. The summed E-state index contributed by atoms with van der Waals surface area (Å²) in [5.41, 5.74) is 0.596. The van der Waals surface area contributed by atoms with Crippen molar-refractivity contribution >= 4 is 14.0 Å². The normalized spacial score (nSPS) is 28.8. The second kappa shape index (κ2) is 8.11. The molecule has 182 valence electrons. The van der Waals surface area contributed by atoms with Crippen LogP contribution in [0.3, 0.4) is 0 Å². The number of nitrogen functional groups attached to an aromatic ring is 1. The van der Waals surface area contributed by atoms with E-state index in [1.165, 1.54) is 6.07 Å². The first-order valence-electron chi connectivity index (χ1n) is 9.23. The van der Waals surface area contributed by atoms with Crippen LogP contribution in [0.2, 0.25) is 0 Å². The predicted molar refractivity (Wildman–Crippen MR) is 101 cm³/mol. The first kappa shape index (κ1) is 23.7. The van der Waals surface area contributed by atoms with Gasteiger partial charge in [0.2, 0.25) is 0 Å². The number of aliphatic hydroxyl groups excluding tert-OH is 1. The minimum absolute atomic E-state index is 0.116. The molecular formula is C17H17F5N3O7P. The number of nitrogens with zero attached hydrogens (tertiary/aromatic N) is 2. The first-order chi connectivity index (χ1) is 15.4. The molecule has 0 saturated carbocycles. The Morgan fingerprint density at radius 2 is 2.06 bits per heavy atom. The summed E-state index contributed by atoms with van der Waals surface area (Å²) in [5, 5.41) is 10.1. The zero-order valence-corrected chi connectivity index (χ0v) is 17.3. The fourth-order valence-corrected chi connectivity index (χ4v) is 4.79. The molecule has 1 aromatic carbocycles. The number of anilines is 1. The van der Waals surface area contributed by atoms with Gasteiger partial charge in [-0.2, -0.15) is 0 Å². The van der Waals surface area contributed by atoms with E-state index < -0.39 is 62.4 Å². The van der Waals surface area contributed by atoms with Gasteiger partial charge in [0, 0.05) is 0 Å². The summed E-state index contributed by atoms with van der Waals surface area (Å²) in [6.07, 6.45) is -9.79. The van der Waals surface area contributed by atoms with Crippen molar-refractivity contribution in [2.24, 2.45) is 0 Å². The number of aromatic nitrogens is 2. The van der Waals surface area contributed by atoms with E-state index in [0.717, 1.165) is 0 Å². The second-order valence-corrected chi connectivity index (χ2v) is 9.11. The minimum atomic E-state index is -4.68. The average Bonchev–Trinajstić information content (AvgIpc) is 2.96. The van der Waals surface area contributed by atoms with Crippen molar-refractivity contribution in [1.82, 2.24) is 9.55 Å². The Bertz CT molecular complexity index is 1120. The standard InChI is InChI=1S/C17H17F5N3O7P/c18-9-5-25(15(27)24-11(9)23)14-17(21,22)12(26)16(31-14,13(19)20)7-30-33(28)29-6-8-3-1-2-4-10(8)32-33/h1-5,12-14,26,28,33H,6-7H2,(H2,23,24,27)/t12-,14+,16+/m0/s1. The predicted octanol–water partition coefficient (Wildman–Crippen LogP) is 1.52. The summed E-state index contributed by atoms with van der Waals surface area (Å²) in [4.78, 5) is 25.4. The topological polar surface area (TPSA) is 138 Å². The summed E-state index contributed by atoms with van der Waals surface area (Å²) < 4.78 is 91.2. The van der Waals surface area contributed by atoms with Gasteiger partial charge in [0.25, 0.3) is 0 Å². The Labute approximate surface area is 181 Å². The van der Waals surface area contributed by atoms with Gasteiger partial charge in [-0.05, 0) is 0 Å². The number of benzene rings is 1. The molecule has 4 rings (SSSR count). The van der Waals surface area contributed by atoms with E-state index in [0.29, 0.717) is 5.56 Å². The molecule has 33 heavy (non-hydrogen) atoms. The molecule has 4 N–H and O–H groups in total. The molecular weight excluding hydrogens is 484 g/mol. The molecule has 10 nitrogen and oxygen atoms in total. The Hall–Kier alpha value is -2.42. The average molecular weight is 501 g/mol. The third kappa shape index (κ3) is 3.94. The molecule has 1 fully saturated rings. The molecule has 0 amide bonds. The van der Waals surface area contributed by atoms with Gasteiger partial charge in [-0.25, -0.2) is 0 Å². The van der Waals surface area contributed by atoms with Gasteiger partial charge in [0.15, 0.2) is 0 Å². The van der Waals surface area contributed by atoms with Crippen molar-refractivity contribution in [2.75, 3.05) is 12.3 Å². The Morgan fingerprint density at radius 1 is 1.36 bits per heavy atom. The summed E-state index contributed by atoms with van der Waals surface area (Å²) in [5.74, 6) is -6.74. The number of halogens is 5. The van der Waals surface area contributed by atoms with Crippen molar-refractivity contribution in [1.29, 1.82) is 0 Å².